The molecule has 0 saturated heterocycles. The Labute approximate surface area is 128 Å². The van der Waals surface area contributed by atoms with Crippen molar-refractivity contribution < 1.29 is 13.5 Å². The lowest BCUT2D eigenvalue weighted by Crippen LogP contribution is -2.39. The number of nitrogens with two attached hydrogens (primary N) is 1. The van der Waals surface area contributed by atoms with E-state index >= 15 is 0 Å². The topological polar surface area (TPSA) is 92.4 Å². The quantitative estimate of drug-likeness (QED) is 0.646. The van der Waals surface area contributed by atoms with Crippen LogP contribution in [-0.4, -0.2) is 26.7 Å². The van der Waals surface area contributed by atoms with Crippen molar-refractivity contribution in [2.24, 2.45) is 5.41 Å². The Bertz CT molecular complexity index is 548. The molecule has 0 aliphatic heterocycles. The molecule has 0 atom stereocenters. The van der Waals surface area contributed by atoms with Crippen LogP contribution in [0.25, 0.3) is 0 Å². The van der Waals surface area contributed by atoms with Gasteiger partial charge in [0.25, 0.3) is 0 Å². The number of aliphatic hydroxyl groups excluding tert-OH is 1. The van der Waals surface area contributed by atoms with Crippen LogP contribution in [0.5, 0.6) is 0 Å². The second-order valence-corrected chi connectivity index (χ2v) is 7.47. The standard InChI is InChI=1S/C13H21BrN2O3S/c1-3-13(4-2,9-17)8-16-20(18,19)12-7-10(15)5-6-11(12)14/h5-7,16-17H,3-4,8-9,15H2,1-2H3. The van der Waals surface area contributed by atoms with Gasteiger partial charge in [0.2, 0.25) is 10.0 Å². The molecule has 0 aliphatic carbocycles. The van der Waals surface area contributed by atoms with Gasteiger partial charge < -0.3 is 10.8 Å². The Morgan fingerprint density at radius 3 is 2.45 bits per heavy atom. The molecule has 0 radical (unpaired) electrons. The average Bonchev–Trinajstić information content (AvgIpc) is 2.43. The smallest absolute Gasteiger partial charge is 0.241 e. The summed E-state index contributed by atoms with van der Waals surface area (Å²) in [6, 6.07) is 4.63. The fraction of sp³-hybridized carbons (Fsp3) is 0.538. The highest BCUT2D eigenvalue weighted by Crippen LogP contribution is 2.27. The average molecular weight is 365 g/mol. The predicted molar refractivity (Wildman–Crippen MR) is 83.8 cm³/mol. The van der Waals surface area contributed by atoms with Gasteiger partial charge in [-0.25, -0.2) is 13.1 Å². The van der Waals surface area contributed by atoms with Crippen molar-refractivity contribution in [3.05, 3.63) is 22.7 Å². The fourth-order valence-electron chi connectivity index (χ4n) is 1.83. The molecule has 20 heavy (non-hydrogen) atoms. The summed E-state index contributed by atoms with van der Waals surface area (Å²) in [5.41, 5.74) is 5.58. The first-order chi connectivity index (χ1) is 9.30. The molecule has 0 spiro atoms. The summed E-state index contributed by atoms with van der Waals surface area (Å²) in [5.74, 6) is 0. The zero-order valence-electron chi connectivity index (χ0n) is 11.7. The first kappa shape index (κ1) is 17.4. The molecule has 7 heteroatoms. The van der Waals surface area contributed by atoms with Gasteiger partial charge >= 0.3 is 0 Å². The monoisotopic (exact) mass is 364 g/mol. The summed E-state index contributed by atoms with van der Waals surface area (Å²) >= 11 is 3.21. The summed E-state index contributed by atoms with van der Waals surface area (Å²) in [4.78, 5) is 0.108. The third-order valence-electron chi connectivity index (χ3n) is 3.72. The zero-order valence-corrected chi connectivity index (χ0v) is 14.1. The molecule has 1 aromatic carbocycles. The molecule has 5 nitrogen and oxygen atoms in total. The molecule has 4 N–H and O–H groups in total. The number of nitrogens with one attached hydrogen (secondary N) is 1. The Balaban J connectivity index is 2.98. The summed E-state index contributed by atoms with van der Waals surface area (Å²) in [6.45, 7) is 4.01. The number of anilines is 1. The van der Waals surface area contributed by atoms with Crippen molar-refractivity contribution in [3.8, 4) is 0 Å². The molecule has 114 valence electrons. The second kappa shape index (κ2) is 6.89. The lowest BCUT2D eigenvalue weighted by atomic mass is 9.84. The highest BCUT2D eigenvalue weighted by Gasteiger charge is 2.28. The minimum atomic E-state index is -3.66. The van der Waals surface area contributed by atoms with Crippen molar-refractivity contribution in [1.29, 1.82) is 0 Å². The third-order valence-corrected chi connectivity index (χ3v) is 6.11. The van der Waals surface area contributed by atoms with Gasteiger partial charge in [-0.1, -0.05) is 13.8 Å². The highest BCUT2D eigenvalue weighted by molar-refractivity contribution is 9.10. The number of hydrogen-bond donors (Lipinski definition) is 3. The van der Waals surface area contributed by atoms with E-state index in [0.29, 0.717) is 23.0 Å². The molecular weight excluding hydrogens is 344 g/mol. The van der Waals surface area contributed by atoms with Gasteiger partial charge in [0.05, 0.1) is 4.90 Å². The van der Waals surface area contributed by atoms with E-state index in [1.54, 1.807) is 12.1 Å². The Morgan fingerprint density at radius 2 is 1.95 bits per heavy atom. The minimum absolute atomic E-state index is 0.0549. The third kappa shape index (κ3) is 3.94. The van der Waals surface area contributed by atoms with E-state index in [-0.39, 0.29) is 18.0 Å². The van der Waals surface area contributed by atoms with E-state index in [2.05, 4.69) is 20.7 Å². The Kier molecular flexibility index (Phi) is 6.00. The van der Waals surface area contributed by atoms with Crippen LogP contribution in [0.4, 0.5) is 5.69 Å². The lowest BCUT2D eigenvalue weighted by molar-refractivity contribution is 0.119. The first-order valence-electron chi connectivity index (χ1n) is 6.46. The summed E-state index contributed by atoms with van der Waals surface area (Å²) < 4.78 is 27.7. The normalized spacial score (nSPS) is 12.6. The van der Waals surface area contributed by atoms with Crippen molar-refractivity contribution in [2.75, 3.05) is 18.9 Å². The van der Waals surface area contributed by atoms with Crippen molar-refractivity contribution in [2.45, 2.75) is 31.6 Å². The van der Waals surface area contributed by atoms with Crippen molar-refractivity contribution in [1.82, 2.24) is 4.72 Å². The Hall–Kier alpha value is -0.630. The Morgan fingerprint density at radius 1 is 1.35 bits per heavy atom. The predicted octanol–water partition coefficient (Wildman–Crippen LogP) is 2.11. The molecule has 0 amide bonds. The van der Waals surface area contributed by atoms with Gasteiger partial charge in [-0.15, -0.1) is 0 Å². The van der Waals surface area contributed by atoms with Crippen LogP contribution in [0.2, 0.25) is 0 Å². The van der Waals surface area contributed by atoms with Crippen LogP contribution >= 0.6 is 15.9 Å². The molecule has 1 aromatic rings. The molecular formula is C13H21BrN2O3S. The molecule has 0 fully saturated rings. The van der Waals surface area contributed by atoms with E-state index in [1.807, 2.05) is 13.8 Å². The molecule has 0 bridgehead atoms. The highest BCUT2D eigenvalue weighted by atomic mass is 79.9. The van der Waals surface area contributed by atoms with Gasteiger partial charge in [0.1, 0.15) is 0 Å². The number of nitrogen functional groups attached to an aromatic ring is 1. The molecule has 1 rings (SSSR count). The summed E-state index contributed by atoms with van der Waals surface area (Å²) in [6.07, 6.45) is 1.39. The maximum Gasteiger partial charge on any atom is 0.241 e. The van der Waals surface area contributed by atoms with Crippen LogP contribution in [0, 0.1) is 5.41 Å². The van der Waals surface area contributed by atoms with E-state index in [9.17, 15) is 13.5 Å². The van der Waals surface area contributed by atoms with E-state index in [1.165, 1.54) is 6.07 Å². The van der Waals surface area contributed by atoms with Gasteiger partial charge in [-0.05, 0) is 47.0 Å². The maximum absolute atomic E-state index is 12.3. The first-order valence-corrected chi connectivity index (χ1v) is 8.73. The van der Waals surface area contributed by atoms with Crippen molar-refractivity contribution in [3.63, 3.8) is 0 Å². The lowest BCUT2D eigenvalue weighted by Gasteiger charge is -2.29. The van der Waals surface area contributed by atoms with E-state index in [0.717, 1.165) is 0 Å². The van der Waals surface area contributed by atoms with Crippen molar-refractivity contribution >= 4 is 31.6 Å². The van der Waals surface area contributed by atoms with Crippen LogP contribution < -0.4 is 10.5 Å². The molecule has 0 saturated carbocycles. The number of rotatable bonds is 7. The minimum Gasteiger partial charge on any atom is -0.399 e. The fourth-order valence-corrected chi connectivity index (χ4v) is 3.98. The molecule has 0 aliphatic rings. The van der Waals surface area contributed by atoms with E-state index in [4.69, 9.17) is 5.73 Å². The van der Waals surface area contributed by atoms with Gasteiger partial charge in [-0.2, -0.15) is 0 Å². The number of halogens is 1. The SMILES string of the molecule is CCC(CC)(CO)CNS(=O)(=O)c1cc(N)ccc1Br. The van der Waals surface area contributed by atoms with Gasteiger partial charge in [0.15, 0.2) is 0 Å². The van der Waals surface area contributed by atoms with E-state index < -0.39 is 15.4 Å². The maximum atomic E-state index is 12.3. The zero-order chi connectivity index (χ0) is 15.4. The summed E-state index contributed by atoms with van der Waals surface area (Å²) in [5, 5.41) is 9.48. The van der Waals surface area contributed by atoms with Crippen LogP contribution in [0.3, 0.4) is 0 Å². The van der Waals surface area contributed by atoms with Gasteiger partial charge in [0, 0.05) is 28.7 Å². The molecule has 0 unspecified atom stereocenters. The number of sulfonamides is 1. The van der Waals surface area contributed by atoms with Crippen LogP contribution in [0.15, 0.2) is 27.6 Å². The largest absolute Gasteiger partial charge is 0.399 e. The van der Waals surface area contributed by atoms with Crippen LogP contribution in [0.1, 0.15) is 26.7 Å². The molecule has 0 heterocycles. The number of aliphatic hydroxyl groups is 1. The number of benzene rings is 1. The number of hydrogen-bond acceptors (Lipinski definition) is 4. The molecule has 0 aromatic heterocycles. The van der Waals surface area contributed by atoms with Crippen LogP contribution in [-0.2, 0) is 10.0 Å². The summed E-state index contributed by atoms with van der Waals surface area (Å²) in [7, 11) is -3.66. The second-order valence-electron chi connectivity index (χ2n) is 4.88. The van der Waals surface area contributed by atoms with Gasteiger partial charge in [-0.3, -0.25) is 0 Å².